The molecule has 0 spiro atoms. The van der Waals surface area contributed by atoms with Gasteiger partial charge >= 0.3 is 0 Å². The number of halogens is 4. The average Bonchev–Trinajstić information content (AvgIpc) is 2.07. The number of hydrogen-bond acceptors (Lipinski definition) is 3. The molecular weight excluding hydrogens is 188 g/mol. The van der Waals surface area contributed by atoms with E-state index < -0.39 is 24.4 Å². The summed E-state index contributed by atoms with van der Waals surface area (Å²) in [5, 5.41) is 0. The van der Waals surface area contributed by atoms with Crippen LogP contribution in [0.4, 0.5) is 17.6 Å². The molecule has 2 nitrogen and oxygen atoms in total. The Hall–Kier alpha value is -0.270. The van der Waals surface area contributed by atoms with Crippen molar-refractivity contribution >= 4 is 12.3 Å². The van der Waals surface area contributed by atoms with E-state index in [1.54, 1.807) is 0 Å². The van der Waals surface area contributed by atoms with E-state index in [4.69, 9.17) is 0 Å². The molecule has 2 unspecified atom stereocenters. The maximum Gasteiger partial charge on any atom is 0.267 e. The van der Waals surface area contributed by atoms with Gasteiger partial charge in [0.05, 0.1) is 0 Å². The monoisotopic (exact) mass is 190 g/mol. The van der Waals surface area contributed by atoms with Gasteiger partial charge in [-0.05, 0) is 0 Å². The summed E-state index contributed by atoms with van der Waals surface area (Å²) in [6, 6.07) is 0. The summed E-state index contributed by atoms with van der Waals surface area (Å²) in [4.78, 5) is 0. The predicted molar refractivity (Wildman–Crippen MR) is 28.8 cm³/mol. The first-order chi connectivity index (χ1) is 5.13. The summed E-state index contributed by atoms with van der Waals surface area (Å²) in [5.41, 5.74) is 0. The summed E-state index contributed by atoms with van der Waals surface area (Å²) >= 11 is -0.132. The third-order valence-corrected chi connectivity index (χ3v) is 1.37. The molecule has 7 heteroatoms. The highest BCUT2D eigenvalue weighted by molar-refractivity contribution is 7.89. The Morgan fingerprint density at radius 1 is 1.00 bits per heavy atom. The molecular formula is C4H2F4O2S. The van der Waals surface area contributed by atoms with Crippen molar-refractivity contribution in [3.8, 4) is 0 Å². The molecule has 0 radical (unpaired) electrons. The van der Waals surface area contributed by atoms with Crippen LogP contribution in [0.2, 0.25) is 0 Å². The van der Waals surface area contributed by atoms with Crippen molar-refractivity contribution in [2.24, 2.45) is 0 Å². The van der Waals surface area contributed by atoms with Crippen molar-refractivity contribution in [3.05, 3.63) is 11.7 Å². The zero-order chi connectivity index (χ0) is 8.43. The Balaban J connectivity index is 2.81. The van der Waals surface area contributed by atoms with Gasteiger partial charge in [0.1, 0.15) is 0 Å². The second-order valence-electron chi connectivity index (χ2n) is 1.59. The van der Waals surface area contributed by atoms with Gasteiger partial charge in [-0.2, -0.15) is 0 Å². The van der Waals surface area contributed by atoms with Crippen LogP contribution in [-0.2, 0) is 8.37 Å². The van der Waals surface area contributed by atoms with Crippen molar-refractivity contribution in [2.75, 3.05) is 0 Å². The molecule has 0 N–H and O–H groups in total. The van der Waals surface area contributed by atoms with Gasteiger partial charge in [-0.1, -0.05) is 0 Å². The molecule has 0 amide bonds. The maximum atomic E-state index is 12.2. The minimum atomic E-state index is -2.61. The van der Waals surface area contributed by atoms with E-state index >= 15 is 0 Å². The summed E-state index contributed by atoms with van der Waals surface area (Å²) in [7, 11) is 0. The number of alkyl halides is 2. The van der Waals surface area contributed by atoms with Crippen LogP contribution in [0.3, 0.4) is 0 Å². The molecule has 1 aliphatic heterocycles. The standard InChI is InChI=1S/C4H2F4O2S/c5-1-2(6)4(8)10-11-9-3(1)7/h3-4H. The van der Waals surface area contributed by atoms with Gasteiger partial charge in [0, 0.05) is 0 Å². The van der Waals surface area contributed by atoms with Crippen molar-refractivity contribution in [1.29, 1.82) is 0 Å². The highest BCUT2D eigenvalue weighted by atomic mass is 32.2. The fraction of sp³-hybridized carbons (Fsp3) is 0.500. The van der Waals surface area contributed by atoms with Crippen LogP contribution in [0, 0.1) is 0 Å². The zero-order valence-electron chi connectivity index (χ0n) is 4.89. The van der Waals surface area contributed by atoms with Gasteiger partial charge in [-0.25, -0.2) is 25.9 Å². The maximum absolute atomic E-state index is 12.2. The second-order valence-corrected chi connectivity index (χ2v) is 2.11. The SMILES string of the molecule is FC1=C(F)C(F)OSOC1F. The largest absolute Gasteiger partial charge is 0.267 e. The number of rotatable bonds is 0. The molecule has 64 valence electrons. The third-order valence-electron chi connectivity index (χ3n) is 0.874. The highest BCUT2D eigenvalue weighted by Crippen LogP contribution is 2.31. The van der Waals surface area contributed by atoms with E-state index in [1.807, 2.05) is 0 Å². The first-order valence-corrected chi connectivity index (χ1v) is 3.11. The summed E-state index contributed by atoms with van der Waals surface area (Å²) in [6.07, 6.45) is -5.22. The molecule has 0 fully saturated rings. The van der Waals surface area contributed by atoms with Crippen molar-refractivity contribution in [1.82, 2.24) is 0 Å². The number of hydrogen-bond donors (Lipinski definition) is 0. The minimum absolute atomic E-state index is 0.132. The van der Waals surface area contributed by atoms with E-state index in [-0.39, 0.29) is 12.3 Å². The average molecular weight is 190 g/mol. The van der Waals surface area contributed by atoms with E-state index in [1.165, 1.54) is 0 Å². The first-order valence-electron chi connectivity index (χ1n) is 2.45. The molecule has 2 atom stereocenters. The fourth-order valence-corrected chi connectivity index (χ4v) is 0.745. The Bertz CT molecular complexity index is 167. The van der Waals surface area contributed by atoms with Gasteiger partial charge in [0.2, 0.25) is 0 Å². The van der Waals surface area contributed by atoms with Crippen LogP contribution in [0.1, 0.15) is 0 Å². The van der Waals surface area contributed by atoms with Crippen LogP contribution in [0.25, 0.3) is 0 Å². The van der Waals surface area contributed by atoms with Crippen LogP contribution in [-0.4, -0.2) is 12.7 Å². The van der Waals surface area contributed by atoms with E-state index in [2.05, 4.69) is 8.37 Å². The van der Waals surface area contributed by atoms with E-state index in [0.717, 1.165) is 0 Å². The smallest absolute Gasteiger partial charge is 0.247 e. The molecule has 0 saturated heterocycles. The Morgan fingerprint density at radius 3 is 1.73 bits per heavy atom. The highest BCUT2D eigenvalue weighted by Gasteiger charge is 2.30. The van der Waals surface area contributed by atoms with Crippen LogP contribution in [0.15, 0.2) is 11.7 Å². The molecule has 11 heavy (non-hydrogen) atoms. The van der Waals surface area contributed by atoms with E-state index in [0.29, 0.717) is 0 Å². The zero-order valence-corrected chi connectivity index (χ0v) is 5.71. The molecule has 1 heterocycles. The minimum Gasteiger partial charge on any atom is -0.247 e. The van der Waals surface area contributed by atoms with Crippen molar-refractivity contribution < 1.29 is 25.9 Å². The topological polar surface area (TPSA) is 18.5 Å². The third kappa shape index (κ3) is 1.85. The molecule has 0 aliphatic carbocycles. The molecule has 1 rings (SSSR count). The lowest BCUT2D eigenvalue weighted by Gasteiger charge is -1.98. The van der Waals surface area contributed by atoms with Crippen LogP contribution in [0.5, 0.6) is 0 Å². The Labute approximate surface area is 63.6 Å². The molecule has 0 aromatic rings. The lowest BCUT2D eigenvalue weighted by molar-refractivity contribution is 0.0834. The van der Waals surface area contributed by atoms with Gasteiger partial charge in [0.25, 0.3) is 12.7 Å². The molecule has 0 saturated carbocycles. The van der Waals surface area contributed by atoms with Gasteiger partial charge in [-0.3, -0.25) is 0 Å². The van der Waals surface area contributed by atoms with Crippen molar-refractivity contribution in [2.45, 2.75) is 12.7 Å². The van der Waals surface area contributed by atoms with Crippen LogP contribution < -0.4 is 0 Å². The molecule has 0 bridgehead atoms. The Morgan fingerprint density at radius 2 is 1.36 bits per heavy atom. The molecule has 1 aliphatic rings. The van der Waals surface area contributed by atoms with E-state index in [9.17, 15) is 17.6 Å². The normalized spacial score (nSPS) is 33.8. The summed E-state index contributed by atoms with van der Waals surface area (Å²) in [6.45, 7) is 0. The van der Waals surface area contributed by atoms with Gasteiger partial charge in [-0.15, -0.1) is 0 Å². The predicted octanol–water partition coefficient (Wildman–Crippen LogP) is 2.34. The van der Waals surface area contributed by atoms with Crippen molar-refractivity contribution in [3.63, 3.8) is 0 Å². The second kappa shape index (κ2) is 3.42. The molecule has 0 aromatic carbocycles. The lowest BCUT2D eigenvalue weighted by Crippen LogP contribution is -2.04. The molecule has 0 aromatic heterocycles. The Kier molecular flexibility index (Phi) is 2.74. The quantitative estimate of drug-likeness (QED) is 0.431. The summed E-state index contributed by atoms with van der Waals surface area (Å²) < 4.78 is 56.0. The first kappa shape index (κ1) is 8.82. The summed E-state index contributed by atoms with van der Waals surface area (Å²) in [5.74, 6) is -3.86. The van der Waals surface area contributed by atoms with Gasteiger partial charge < -0.3 is 0 Å². The van der Waals surface area contributed by atoms with Crippen LogP contribution >= 0.6 is 12.3 Å². The lowest BCUT2D eigenvalue weighted by atomic mass is 10.4. The fourth-order valence-electron chi connectivity index (χ4n) is 0.393. The van der Waals surface area contributed by atoms with Gasteiger partial charge in [0.15, 0.2) is 24.0 Å².